The molecule has 0 aromatic heterocycles. The van der Waals surface area contributed by atoms with Crippen molar-refractivity contribution in [2.24, 2.45) is 11.8 Å². The Hall–Kier alpha value is 0.0564. The van der Waals surface area contributed by atoms with Crippen molar-refractivity contribution < 1.29 is 36.8 Å². The van der Waals surface area contributed by atoms with Crippen molar-refractivity contribution in [2.75, 3.05) is 0 Å². The van der Waals surface area contributed by atoms with Crippen LogP contribution in [0.15, 0.2) is 0 Å². The Balaban J connectivity index is -0.000000135. The summed E-state index contributed by atoms with van der Waals surface area (Å²) in [6.07, 6.45) is 7.04. The summed E-state index contributed by atoms with van der Waals surface area (Å²) in [4.78, 5) is 20.7. The number of carbonyl (C=O) groups is 2. The monoisotopic (exact) mass is 434 g/mol. The molecule has 0 bridgehead atoms. The summed E-state index contributed by atoms with van der Waals surface area (Å²) < 4.78 is 0. The van der Waals surface area contributed by atoms with Crippen LogP contribution in [0.4, 0.5) is 0 Å². The molecule has 0 heterocycles. The molecule has 0 spiro atoms. The number of carbonyl (C=O) groups excluding carboxylic acids is 2. The number of carboxylic acid groups (broad SMARTS) is 2. The van der Waals surface area contributed by atoms with Gasteiger partial charge in [0, 0.05) is 11.9 Å². The SMILES string of the molecule is CCCCC(CC)C(=O)[O-].CCCCC(CC)C(=O)[O-].[Br-].[Ga+3]. The Morgan fingerprint density at radius 3 is 1.18 bits per heavy atom. The number of hydrogen-bond acceptors (Lipinski definition) is 4. The van der Waals surface area contributed by atoms with Gasteiger partial charge in [0.2, 0.25) is 0 Å². The molecule has 128 valence electrons. The maximum Gasteiger partial charge on any atom is 3.00 e. The molecule has 0 aromatic rings. The van der Waals surface area contributed by atoms with E-state index in [4.69, 9.17) is 0 Å². The van der Waals surface area contributed by atoms with E-state index in [1.165, 1.54) is 0 Å². The number of unbranched alkanes of at least 4 members (excludes halogenated alkanes) is 2. The normalized spacial score (nSPS) is 11.8. The van der Waals surface area contributed by atoms with Crippen molar-refractivity contribution in [3.05, 3.63) is 0 Å². The average molecular weight is 436 g/mol. The Labute approximate surface area is 159 Å². The zero-order valence-electron chi connectivity index (χ0n) is 14.4. The number of carboxylic acids is 2. The minimum Gasteiger partial charge on any atom is -1.00 e. The molecule has 4 nitrogen and oxygen atoms in total. The molecule has 0 aliphatic carbocycles. The van der Waals surface area contributed by atoms with E-state index in [2.05, 4.69) is 13.8 Å². The van der Waals surface area contributed by atoms with Gasteiger partial charge in [-0.2, -0.15) is 0 Å². The summed E-state index contributed by atoms with van der Waals surface area (Å²) in [5.74, 6) is -2.23. The van der Waals surface area contributed by atoms with E-state index in [-0.39, 0.29) is 48.6 Å². The minimum absolute atomic E-state index is 0. The molecule has 0 amide bonds. The van der Waals surface area contributed by atoms with Gasteiger partial charge in [-0.25, -0.2) is 0 Å². The van der Waals surface area contributed by atoms with Gasteiger partial charge in [-0.05, 0) is 37.5 Å². The summed E-state index contributed by atoms with van der Waals surface area (Å²) >= 11 is 0. The number of rotatable bonds is 10. The molecular formula is C16H30BrGaO4. The molecule has 0 aliphatic rings. The van der Waals surface area contributed by atoms with Crippen molar-refractivity contribution >= 4 is 31.7 Å². The van der Waals surface area contributed by atoms with E-state index in [0.717, 1.165) is 38.5 Å². The molecule has 2 unspecified atom stereocenters. The molecule has 2 atom stereocenters. The van der Waals surface area contributed by atoms with Crippen LogP contribution in [0.2, 0.25) is 0 Å². The summed E-state index contributed by atoms with van der Waals surface area (Å²) in [6.45, 7) is 7.89. The standard InChI is InChI=1S/2C8H16O2.BrH.Ga/c2*1-3-5-6-7(4-2)8(9)10;;/h2*7H,3-6H2,1-2H3,(H,9,10);1H;/q;;;+3/p-3. The fourth-order valence-electron chi connectivity index (χ4n) is 1.88. The largest absolute Gasteiger partial charge is 3.00 e. The first kappa shape index (κ1) is 30.0. The van der Waals surface area contributed by atoms with Gasteiger partial charge in [0.15, 0.2) is 0 Å². The van der Waals surface area contributed by atoms with Crippen LogP contribution in [0.3, 0.4) is 0 Å². The molecule has 0 saturated heterocycles. The summed E-state index contributed by atoms with van der Waals surface area (Å²) in [5, 5.41) is 20.7. The molecular weight excluding hydrogens is 406 g/mol. The van der Waals surface area contributed by atoms with Crippen LogP contribution in [0.5, 0.6) is 0 Å². The molecule has 0 N–H and O–H groups in total. The first-order chi connectivity index (χ1) is 9.44. The number of aliphatic carboxylic acids is 2. The van der Waals surface area contributed by atoms with Crippen LogP contribution in [-0.2, 0) is 9.59 Å². The third-order valence-electron chi connectivity index (χ3n) is 3.46. The van der Waals surface area contributed by atoms with Crippen LogP contribution in [0.25, 0.3) is 0 Å². The predicted molar refractivity (Wildman–Crippen MR) is 82.4 cm³/mol. The van der Waals surface area contributed by atoms with Gasteiger partial charge in [-0.15, -0.1) is 0 Å². The fraction of sp³-hybridized carbons (Fsp3) is 0.875. The zero-order valence-corrected chi connectivity index (χ0v) is 18.4. The maximum atomic E-state index is 10.3. The molecule has 0 fully saturated rings. The Morgan fingerprint density at radius 2 is 1.05 bits per heavy atom. The maximum absolute atomic E-state index is 10.3. The third kappa shape index (κ3) is 18.1. The van der Waals surface area contributed by atoms with Gasteiger partial charge in [0.25, 0.3) is 0 Å². The van der Waals surface area contributed by atoms with E-state index < -0.39 is 11.9 Å². The second-order valence-corrected chi connectivity index (χ2v) is 5.13. The van der Waals surface area contributed by atoms with Crippen molar-refractivity contribution in [3.63, 3.8) is 0 Å². The van der Waals surface area contributed by atoms with Crippen molar-refractivity contribution in [1.29, 1.82) is 0 Å². The van der Waals surface area contributed by atoms with Crippen molar-refractivity contribution in [3.8, 4) is 0 Å². The fourth-order valence-corrected chi connectivity index (χ4v) is 1.88. The quantitative estimate of drug-likeness (QED) is 0.392. The third-order valence-corrected chi connectivity index (χ3v) is 3.46. The topological polar surface area (TPSA) is 80.3 Å². The smallest absolute Gasteiger partial charge is 1.00 e. The van der Waals surface area contributed by atoms with Crippen LogP contribution >= 0.6 is 0 Å². The summed E-state index contributed by atoms with van der Waals surface area (Å²) in [5.41, 5.74) is 0. The van der Waals surface area contributed by atoms with Gasteiger partial charge in [0.05, 0.1) is 0 Å². The molecule has 22 heavy (non-hydrogen) atoms. The molecule has 0 rings (SSSR count). The number of hydrogen-bond donors (Lipinski definition) is 0. The first-order valence-electron chi connectivity index (χ1n) is 7.86. The van der Waals surface area contributed by atoms with Crippen molar-refractivity contribution in [1.82, 2.24) is 0 Å². The molecule has 0 aliphatic heterocycles. The average Bonchev–Trinajstić information content (AvgIpc) is 2.40. The summed E-state index contributed by atoms with van der Waals surface area (Å²) in [6, 6.07) is 0. The van der Waals surface area contributed by atoms with Gasteiger partial charge in [-0.1, -0.05) is 53.4 Å². The molecule has 6 heteroatoms. The molecule has 0 radical (unpaired) electrons. The van der Waals surface area contributed by atoms with E-state index >= 15 is 0 Å². The molecule has 0 saturated carbocycles. The zero-order chi connectivity index (χ0) is 16.0. The van der Waals surface area contributed by atoms with Gasteiger partial charge in [0.1, 0.15) is 0 Å². The van der Waals surface area contributed by atoms with Crippen molar-refractivity contribution in [2.45, 2.75) is 79.1 Å². The second kappa shape index (κ2) is 21.1. The van der Waals surface area contributed by atoms with E-state index in [9.17, 15) is 19.8 Å². The van der Waals surface area contributed by atoms with Gasteiger partial charge < -0.3 is 36.8 Å². The van der Waals surface area contributed by atoms with Crippen LogP contribution in [0, 0.1) is 11.8 Å². The number of halogens is 1. The van der Waals surface area contributed by atoms with Gasteiger partial charge >= 0.3 is 19.8 Å². The Kier molecular flexibility index (Phi) is 28.7. The Bertz CT molecular complexity index is 237. The van der Waals surface area contributed by atoms with Crippen LogP contribution in [0.1, 0.15) is 79.1 Å². The van der Waals surface area contributed by atoms with Crippen LogP contribution in [-0.4, -0.2) is 31.7 Å². The second-order valence-electron chi connectivity index (χ2n) is 5.13. The first-order valence-corrected chi connectivity index (χ1v) is 7.86. The van der Waals surface area contributed by atoms with Crippen LogP contribution < -0.4 is 27.2 Å². The molecule has 0 aromatic carbocycles. The predicted octanol–water partition coefficient (Wildman–Crippen LogP) is -1.47. The Morgan fingerprint density at radius 1 is 0.773 bits per heavy atom. The van der Waals surface area contributed by atoms with E-state index in [1.54, 1.807) is 0 Å². The van der Waals surface area contributed by atoms with E-state index in [0.29, 0.717) is 12.8 Å². The van der Waals surface area contributed by atoms with E-state index in [1.807, 2.05) is 13.8 Å². The minimum atomic E-state index is -0.893. The summed E-state index contributed by atoms with van der Waals surface area (Å²) in [7, 11) is 0. The van der Waals surface area contributed by atoms with Gasteiger partial charge in [-0.3, -0.25) is 0 Å².